The van der Waals surface area contributed by atoms with Crippen LogP contribution in [-0.2, 0) is 4.74 Å². The largest absolute Gasteiger partial charge is 0.383 e. The van der Waals surface area contributed by atoms with Crippen molar-refractivity contribution in [2.24, 2.45) is 11.7 Å². The van der Waals surface area contributed by atoms with Crippen molar-refractivity contribution in [1.82, 2.24) is 4.90 Å². The Bertz CT molecular complexity index is 233. The van der Waals surface area contributed by atoms with Gasteiger partial charge in [0.25, 0.3) is 0 Å². The predicted molar refractivity (Wildman–Crippen MR) is 77.8 cm³/mol. The molecule has 1 fully saturated rings. The molecule has 0 bridgehead atoms. The first-order valence-electron chi connectivity index (χ1n) is 7.55. The van der Waals surface area contributed by atoms with Gasteiger partial charge in [0.05, 0.1) is 6.61 Å². The van der Waals surface area contributed by atoms with Crippen molar-refractivity contribution in [3.05, 3.63) is 0 Å². The fourth-order valence-electron chi connectivity index (χ4n) is 3.61. The Morgan fingerprint density at radius 2 is 2.17 bits per heavy atom. The summed E-state index contributed by atoms with van der Waals surface area (Å²) < 4.78 is 5.27. The van der Waals surface area contributed by atoms with Crippen molar-refractivity contribution in [2.75, 3.05) is 26.8 Å². The third kappa shape index (κ3) is 3.69. The normalized spacial score (nSPS) is 29.2. The van der Waals surface area contributed by atoms with E-state index < -0.39 is 0 Å². The lowest BCUT2D eigenvalue weighted by molar-refractivity contribution is -0.00483. The summed E-state index contributed by atoms with van der Waals surface area (Å²) in [5.74, 6) is 0.853. The molecule has 0 spiro atoms. The second-order valence-corrected chi connectivity index (χ2v) is 6.08. The van der Waals surface area contributed by atoms with Crippen molar-refractivity contribution < 1.29 is 4.74 Å². The number of hydrogen-bond acceptors (Lipinski definition) is 3. The van der Waals surface area contributed by atoms with Crippen LogP contribution in [0.2, 0.25) is 0 Å². The topological polar surface area (TPSA) is 38.5 Å². The monoisotopic (exact) mass is 256 g/mol. The van der Waals surface area contributed by atoms with E-state index in [1.54, 1.807) is 7.11 Å². The first kappa shape index (κ1) is 15.9. The maximum atomic E-state index is 6.18. The molecule has 108 valence electrons. The van der Waals surface area contributed by atoms with Crippen molar-refractivity contribution >= 4 is 0 Å². The number of hydrogen-bond donors (Lipinski definition) is 1. The molecule has 0 saturated heterocycles. The molecule has 0 radical (unpaired) electrons. The molecule has 1 aliphatic rings. The summed E-state index contributed by atoms with van der Waals surface area (Å²) in [6.07, 6.45) is 6.52. The summed E-state index contributed by atoms with van der Waals surface area (Å²) in [5, 5.41) is 0. The molecular formula is C15H32N2O. The second-order valence-electron chi connectivity index (χ2n) is 6.08. The zero-order valence-electron chi connectivity index (χ0n) is 12.7. The fourth-order valence-corrected chi connectivity index (χ4v) is 3.61. The van der Waals surface area contributed by atoms with E-state index in [0.717, 1.165) is 25.6 Å². The quantitative estimate of drug-likeness (QED) is 0.761. The summed E-state index contributed by atoms with van der Waals surface area (Å²) in [6.45, 7) is 9.46. The standard InChI is InChI=1S/C15H32N2O/c1-5-14-7-6-8-15(11-14,12-16)17(13(2)3)9-10-18-4/h13-14H,5-12,16H2,1-4H3. The van der Waals surface area contributed by atoms with E-state index in [0.29, 0.717) is 6.04 Å². The maximum Gasteiger partial charge on any atom is 0.0590 e. The predicted octanol–water partition coefficient (Wildman–Crippen LogP) is 2.64. The molecule has 2 unspecified atom stereocenters. The van der Waals surface area contributed by atoms with Crippen molar-refractivity contribution in [2.45, 2.75) is 64.5 Å². The number of nitrogens with zero attached hydrogens (tertiary/aromatic N) is 1. The molecule has 0 heterocycles. The van der Waals surface area contributed by atoms with Crippen LogP contribution in [0.15, 0.2) is 0 Å². The van der Waals surface area contributed by atoms with Gasteiger partial charge in [0.1, 0.15) is 0 Å². The number of rotatable bonds is 7. The van der Waals surface area contributed by atoms with Crippen molar-refractivity contribution in [3.8, 4) is 0 Å². The average Bonchev–Trinajstić information content (AvgIpc) is 2.39. The van der Waals surface area contributed by atoms with Crippen LogP contribution >= 0.6 is 0 Å². The van der Waals surface area contributed by atoms with Gasteiger partial charge in [-0.25, -0.2) is 0 Å². The number of methoxy groups -OCH3 is 1. The van der Waals surface area contributed by atoms with E-state index >= 15 is 0 Å². The molecule has 3 heteroatoms. The highest BCUT2D eigenvalue weighted by atomic mass is 16.5. The molecule has 0 aromatic carbocycles. The summed E-state index contributed by atoms with van der Waals surface area (Å²) in [5.41, 5.74) is 6.40. The highest BCUT2D eigenvalue weighted by molar-refractivity contribution is 4.97. The molecular weight excluding hydrogens is 224 g/mol. The molecule has 0 aromatic heterocycles. The Labute approximate surface area is 113 Å². The number of ether oxygens (including phenoxy) is 1. The summed E-state index contributed by atoms with van der Waals surface area (Å²) >= 11 is 0. The van der Waals surface area contributed by atoms with E-state index in [1.807, 2.05) is 0 Å². The Hall–Kier alpha value is -0.120. The molecule has 1 saturated carbocycles. The van der Waals surface area contributed by atoms with Crippen LogP contribution in [0.25, 0.3) is 0 Å². The van der Waals surface area contributed by atoms with Gasteiger partial charge in [-0.15, -0.1) is 0 Å². The maximum absolute atomic E-state index is 6.18. The minimum Gasteiger partial charge on any atom is -0.383 e. The molecule has 0 aromatic rings. The first-order chi connectivity index (χ1) is 8.59. The van der Waals surface area contributed by atoms with Crippen LogP contribution < -0.4 is 5.73 Å². The van der Waals surface area contributed by atoms with Gasteiger partial charge in [0.15, 0.2) is 0 Å². The van der Waals surface area contributed by atoms with Crippen LogP contribution in [0.4, 0.5) is 0 Å². The molecule has 18 heavy (non-hydrogen) atoms. The minimum absolute atomic E-state index is 0.214. The zero-order chi connectivity index (χ0) is 13.6. The lowest BCUT2D eigenvalue weighted by Gasteiger charge is -2.50. The van der Waals surface area contributed by atoms with E-state index in [9.17, 15) is 0 Å². The fraction of sp³-hybridized carbons (Fsp3) is 1.00. The lowest BCUT2D eigenvalue weighted by Crippen LogP contribution is -2.59. The zero-order valence-corrected chi connectivity index (χ0v) is 12.7. The first-order valence-corrected chi connectivity index (χ1v) is 7.55. The van der Waals surface area contributed by atoms with E-state index in [1.165, 1.54) is 32.1 Å². The van der Waals surface area contributed by atoms with Crippen LogP contribution in [0.3, 0.4) is 0 Å². The van der Waals surface area contributed by atoms with Gasteiger partial charge in [0.2, 0.25) is 0 Å². The second kappa shape index (κ2) is 7.46. The molecule has 2 atom stereocenters. The Morgan fingerprint density at radius 3 is 2.67 bits per heavy atom. The molecule has 3 nitrogen and oxygen atoms in total. The molecule has 1 aliphatic carbocycles. The van der Waals surface area contributed by atoms with Gasteiger partial charge >= 0.3 is 0 Å². The smallest absolute Gasteiger partial charge is 0.0590 e. The highest BCUT2D eigenvalue weighted by Crippen LogP contribution is 2.38. The Kier molecular flexibility index (Phi) is 6.61. The highest BCUT2D eigenvalue weighted by Gasteiger charge is 2.40. The van der Waals surface area contributed by atoms with Gasteiger partial charge in [-0.1, -0.05) is 26.2 Å². The Morgan fingerprint density at radius 1 is 1.44 bits per heavy atom. The van der Waals surface area contributed by atoms with E-state index in [2.05, 4.69) is 25.7 Å². The van der Waals surface area contributed by atoms with Crippen LogP contribution in [0, 0.1) is 5.92 Å². The van der Waals surface area contributed by atoms with Crippen LogP contribution in [0.5, 0.6) is 0 Å². The summed E-state index contributed by atoms with van der Waals surface area (Å²) in [4.78, 5) is 2.60. The molecule has 0 aliphatic heterocycles. The average molecular weight is 256 g/mol. The molecule has 1 rings (SSSR count). The third-order valence-corrected chi connectivity index (χ3v) is 4.65. The van der Waals surface area contributed by atoms with E-state index in [4.69, 9.17) is 10.5 Å². The summed E-state index contributed by atoms with van der Waals surface area (Å²) in [6, 6.07) is 0.541. The third-order valence-electron chi connectivity index (χ3n) is 4.65. The van der Waals surface area contributed by atoms with E-state index in [-0.39, 0.29) is 5.54 Å². The SMILES string of the molecule is CCC1CCCC(CN)(N(CCOC)C(C)C)C1. The number of nitrogens with two attached hydrogens (primary N) is 1. The minimum atomic E-state index is 0.214. The summed E-state index contributed by atoms with van der Waals surface area (Å²) in [7, 11) is 1.78. The Balaban J connectivity index is 2.80. The lowest BCUT2D eigenvalue weighted by atomic mass is 9.73. The van der Waals surface area contributed by atoms with Gasteiger partial charge in [-0.3, -0.25) is 4.90 Å². The van der Waals surface area contributed by atoms with Crippen molar-refractivity contribution in [3.63, 3.8) is 0 Å². The van der Waals surface area contributed by atoms with Gasteiger partial charge < -0.3 is 10.5 Å². The van der Waals surface area contributed by atoms with Gasteiger partial charge in [0, 0.05) is 31.8 Å². The van der Waals surface area contributed by atoms with Gasteiger partial charge in [-0.2, -0.15) is 0 Å². The van der Waals surface area contributed by atoms with Gasteiger partial charge in [-0.05, 0) is 32.6 Å². The van der Waals surface area contributed by atoms with Crippen LogP contribution in [0.1, 0.15) is 52.9 Å². The molecule has 0 amide bonds. The molecule has 2 N–H and O–H groups in total. The van der Waals surface area contributed by atoms with Crippen molar-refractivity contribution in [1.29, 1.82) is 0 Å². The van der Waals surface area contributed by atoms with Crippen LogP contribution in [-0.4, -0.2) is 43.3 Å².